The average Bonchev–Trinajstić information content (AvgIpc) is 2.89. The van der Waals surface area contributed by atoms with Crippen molar-refractivity contribution in [2.75, 3.05) is 13.2 Å². The summed E-state index contributed by atoms with van der Waals surface area (Å²) in [5, 5.41) is 0. The Hall–Kier alpha value is -1.53. The van der Waals surface area contributed by atoms with Gasteiger partial charge in [-0.1, -0.05) is 0 Å². The standard InChI is InChI=1S/C32H62O15Si4/c1-19(33)37-17-23-25(27(45-49(8,9)10)29(39-21(3)35)31(41-23)40-22(4)36)43-32-30(47-51(14,15)16)28(46-50(11,12)13)26(44-48(5,6)7)24(42-32)18-38-20(2)34/h23-32H,17-18H2,1-16H3/t23?,24?,25-,26+,27?,28?,29?,30?,31?,32+/m1/s1. The number of carbonyl (C=O) groups excluding carboxylic acids is 4. The van der Waals surface area contributed by atoms with Gasteiger partial charge in [0.1, 0.15) is 55.9 Å². The summed E-state index contributed by atoms with van der Waals surface area (Å²) in [4.78, 5) is 48.9. The maximum absolute atomic E-state index is 12.5. The van der Waals surface area contributed by atoms with Crippen LogP contribution < -0.4 is 0 Å². The lowest BCUT2D eigenvalue weighted by Gasteiger charge is -2.52. The van der Waals surface area contributed by atoms with E-state index in [1.807, 2.05) is 58.9 Å². The lowest BCUT2D eigenvalue weighted by Crippen LogP contribution is -2.69. The Morgan fingerprint density at radius 1 is 0.431 bits per heavy atom. The van der Waals surface area contributed by atoms with Crippen molar-refractivity contribution in [3.8, 4) is 0 Å². The largest absolute Gasteiger partial charge is 0.463 e. The number of rotatable bonds is 16. The van der Waals surface area contributed by atoms with Gasteiger partial charge >= 0.3 is 23.9 Å². The van der Waals surface area contributed by atoms with E-state index in [4.69, 9.17) is 50.9 Å². The molecule has 0 amide bonds. The van der Waals surface area contributed by atoms with Gasteiger partial charge in [-0.3, -0.25) is 19.2 Å². The molecule has 2 aliphatic heterocycles. The fraction of sp³-hybridized carbons (Fsp3) is 0.875. The number of hydrogen-bond donors (Lipinski definition) is 0. The molecular weight excluding hydrogens is 737 g/mol. The van der Waals surface area contributed by atoms with Gasteiger partial charge in [0, 0.05) is 27.7 Å². The summed E-state index contributed by atoms with van der Waals surface area (Å²) < 4.78 is 69.0. The number of carbonyl (C=O) groups is 4. The van der Waals surface area contributed by atoms with Crippen LogP contribution in [-0.4, -0.2) is 132 Å². The molecule has 0 spiro atoms. The third-order valence-corrected chi connectivity index (χ3v) is 10.8. The molecule has 0 aromatic heterocycles. The molecule has 51 heavy (non-hydrogen) atoms. The summed E-state index contributed by atoms with van der Waals surface area (Å²) in [5.74, 6) is -2.46. The minimum Gasteiger partial charge on any atom is -0.463 e. The summed E-state index contributed by atoms with van der Waals surface area (Å²) in [6.45, 7) is 28.7. The molecule has 2 saturated heterocycles. The van der Waals surface area contributed by atoms with Crippen LogP contribution in [0, 0.1) is 0 Å². The molecule has 7 unspecified atom stereocenters. The van der Waals surface area contributed by atoms with Crippen molar-refractivity contribution in [3.63, 3.8) is 0 Å². The van der Waals surface area contributed by atoms with E-state index >= 15 is 0 Å². The van der Waals surface area contributed by atoms with E-state index in [2.05, 4.69) is 19.6 Å². The van der Waals surface area contributed by atoms with Crippen LogP contribution in [0.25, 0.3) is 0 Å². The predicted molar refractivity (Wildman–Crippen MR) is 196 cm³/mol. The SMILES string of the molecule is CC(=O)OCC1OC(OC(C)=O)C(OC(C)=O)C(O[Si](C)(C)C)[C@@H]1O[C@@H]1OC(COC(C)=O)[C@H](O[Si](C)(C)C)C(O[Si](C)(C)C)C1O[Si](C)(C)C. The Balaban J connectivity index is 2.85. The second-order valence-electron chi connectivity index (χ2n) is 16.8. The summed E-state index contributed by atoms with van der Waals surface area (Å²) in [6.07, 6.45) is -10.3. The molecule has 296 valence electrons. The van der Waals surface area contributed by atoms with Crippen molar-refractivity contribution in [1.82, 2.24) is 0 Å². The highest BCUT2D eigenvalue weighted by Crippen LogP contribution is 2.38. The van der Waals surface area contributed by atoms with Crippen molar-refractivity contribution in [1.29, 1.82) is 0 Å². The third kappa shape index (κ3) is 16.2. The minimum atomic E-state index is -2.50. The van der Waals surface area contributed by atoms with E-state index in [9.17, 15) is 19.2 Å². The van der Waals surface area contributed by atoms with Gasteiger partial charge < -0.3 is 50.9 Å². The first kappa shape index (κ1) is 45.6. The smallest absolute Gasteiger partial charge is 0.305 e. The van der Waals surface area contributed by atoms with Crippen LogP contribution >= 0.6 is 0 Å². The van der Waals surface area contributed by atoms with Gasteiger partial charge in [-0.2, -0.15) is 0 Å². The normalized spacial score (nSPS) is 30.7. The Kier molecular flexibility index (Phi) is 16.3. The fourth-order valence-corrected chi connectivity index (χ4v) is 9.93. The number of esters is 4. The predicted octanol–water partition coefficient (Wildman–Crippen LogP) is 4.32. The van der Waals surface area contributed by atoms with Gasteiger partial charge in [-0.05, 0) is 78.6 Å². The molecule has 19 heteroatoms. The highest BCUT2D eigenvalue weighted by molar-refractivity contribution is 6.71. The Labute approximate surface area is 307 Å². The molecule has 0 saturated carbocycles. The highest BCUT2D eigenvalue weighted by Gasteiger charge is 2.57. The topological polar surface area (TPSA) is 170 Å². The van der Waals surface area contributed by atoms with Crippen LogP contribution in [0.3, 0.4) is 0 Å². The summed E-state index contributed by atoms with van der Waals surface area (Å²) in [7, 11) is -9.49. The third-order valence-electron chi connectivity index (χ3n) is 6.92. The molecule has 15 nitrogen and oxygen atoms in total. The molecule has 2 fully saturated rings. The van der Waals surface area contributed by atoms with E-state index in [1.165, 1.54) is 27.7 Å². The Morgan fingerprint density at radius 2 is 0.784 bits per heavy atom. The summed E-state index contributed by atoms with van der Waals surface area (Å²) in [5.41, 5.74) is 0. The van der Waals surface area contributed by atoms with Gasteiger partial charge in [0.15, 0.2) is 45.7 Å². The Bertz CT molecular complexity index is 1190. The molecule has 0 aromatic rings. The van der Waals surface area contributed by atoms with E-state index in [1.54, 1.807) is 0 Å². The van der Waals surface area contributed by atoms with Crippen LogP contribution in [0.5, 0.6) is 0 Å². The molecule has 2 rings (SSSR count). The zero-order valence-corrected chi connectivity index (χ0v) is 37.3. The van der Waals surface area contributed by atoms with E-state index in [0.717, 1.165) is 0 Å². The lowest BCUT2D eigenvalue weighted by molar-refractivity contribution is -0.350. The van der Waals surface area contributed by atoms with Crippen LogP contribution in [-0.2, 0) is 70.0 Å². The summed E-state index contributed by atoms with van der Waals surface area (Å²) >= 11 is 0. The van der Waals surface area contributed by atoms with Crippen LogP contribution in [0.1, 0.15) is 27.7 Å². The first-order chi connectivity index (χ1) is 23.0. The molecule has 2 heterocycles. The fourth-order valence-electron chi connectivity index (χ4n) is 5.60. The minimum absolute atomic E-state index is 0.160. The molecule has 0 aromatic carbocycles. The van der Waals surface area contributed by atoms with Crippen molar-refractivity contribution in [3.05, 3.63) is 0 Å². The van der Waals surface area contributed by atoms with E-state index in [-0.39, 0.29) is 13.2 Å². The first-order valence-electron chi connectivity index (χ1n) is 17.3. The van der Waals surface area contributed by atoms with Crippen molar-refractivity contribution in [2.45, 2.75) is 168 Å². The maximum Gasteiger partial charge on any atom is 0.305 e. The number of hydrogen-bond acceptors (Lipinski definition) is 15. The van der Waals surface area contributed by atoms with Crippen molar-refractivity contribution >= 4 is 57.1 Å². The van der Waals surface area contributed by atoms with Gasteiger partial charge in [0.2, 0.25) is 6.29 Å². The van der Waals surface area contributed by atoms with Crippen molar-refractivity contribution < 1.29 is 70.0 Å². The van der Waals surface area contributed by atoms with Crippen LogP contribution in [0.4, 0.5) is 0 Å². The molecule has 0 aliphatic carbocycles. The maximum atomic E-state index is 12.5. The van der Waals surface area contributed by atoms with Gasteiger partial charge in [-0.15, -0.1) is 0 Å². The van der Waals surface area contributed by atoms with E-state index < -0.39 is 119 Å². The first-order valence-corrected chi connectivity index (χ1v) is 31.0. The Morgan fingerprint density at radius 3 is 1.18 bits per heavy atom. The lowest BCUT2D eigenvalue weighted by atomic mass is 9.96. The summed E-state index contributed by atoms with van der Waals surface area (Å²) in [6, 6.07) is 0. The zero-order chi connectivity index (χ0) is 39.3. The molecule has 2 aliphatic rings. The van der Waals surface area contributed by atoms with E-state index in [0.29, 0.717) is 0 Å². The average molecular weight is 799 g/mol. The molecule has 0 bridgehead atoms. The second kappa shape index (κ2) is 18.2. The van der Waals surface area contributed by atoms with Crippen LogP contribution in [0.2, 0.25) is 78.6 Å². The molecule has 10 atom stereocenters. The molecule has 0 N–H and O–H groups in total. The number of ether oxygens (including phenoxy) is 7. The monoisotopic (exact) mass is 798 g/mol. The van der Waals surface area contributed by atoms with Gasteiger partial charge in [0.25, 0.3) is 0 Å². The van der Waals surface area contributed by atoms with Crippen molar-refractivity contribution in [2.24, 2.45) is 0 Å². The molecule has 0 radical (unpaired) electrons. The van der Waals surface area contributed by atoms with Gasteiger partial charge in [-0.25, -0.2) is 0 Å². The highest BCUT2D eigenvalue weighted by atomic mass is 28.4. The quantitative estimate of drug-likeness (QED) is 0.123. The second-order valence-corrected chi connectivity index (χ2v) is 34.6. The van der Waals surface area contributed by atoms with Crippen LogP contribution in [0.15, 0.2) is 0 Å². The molecular formula is C32H62O15Si4. The zero-order valence-electron chi connectivity index (χ0n) is 33.3. The van der Waals surface area contributed by atoms with Gasteiger partial charge in [0.05, 0.1) is 0 Å².